The molecule has 2 aromatic carbocycles. The summed E-state index contributed by atoms with van der Waals surface area (Å²) < 4.78 is 37.8. The number of hydrogen-bond donors (Lipinski definition) is 1. The highest BCUT2D eigenvalue weighted by atomic mass is 35.5. The smallest absolute Gasteiger partial charge is 0.319 e. The first-order valence-electron chi connectivity index (χ1n) is 15.0. The number of aromatic nitrogens is 4. The van der Waals surface area contributed by atoms with E-state index in [9.17, 15) is 9.18 Å². The Hall–Kier alpha value is -3.83. The minimum Gasteiger partial charge on any atom is -0.462 e. The third-order valence-electron chi connectivity index (χ3n) is 8.84. The molecular weight excluding hydrogens is 588 g/mol. The lowest BCUT2D eigenvalue weighted by molar-refractivity contribution is -0.128. The van der Waals surface area contributed by atoms with E-state index in [0.717, 1.165) is 19.5 Å². The zero-order chi connectivity index (χ0) is 31.3. The maximum Gasteiger partial charge on any atom is 0.319 e. The summed E-state index contributed by atoms with van der Waals surface area (Å²) in [5, 5.41) is 7.01. The molecule has 6 rings (SSSR count). The van der Waals surface area contributed by atoms with E-state index in [0.29, 0.717) is 60.0 Å². The number of halogens is 3. The van der Waals surface area contributed by atoms with Gasteiger partial charge in [0.2, 0.25) is 11.9 Å². The van der Waals surface area contributed by atoms with Gasteiger partial charge in [0.05, 0.1) is 15.9 Å². The molecule has 3 atom stereocenters. The molecule has 44 heavy (non-hydrogen) atoms. The lowest BCUT2D eigenvalue weighted by Crippen LogP contribution is -2.58. The molecule has 0 unspecified atom stereocenters. The van der Waals surface area contributed by atoms with Gasteiger partial charge in [-0.05, 0) is 63.4 Å². The number of piperazine rings is 1. The van der Waals surface area contributed by atoms with Crippen LogP contribution >= 0.6 is 11.6 Å². The average molecular weight is 624 g/mol. The second kappa shape index (κ2) is 11.9. The van der Waals surface area contributed by atoms with E-state index < -0.39 is 11.8 Å². The number of ether oxygens (including phenoxy) is 1. The predicted octanol–water partition coefficient (Wildman–Crippen LogP) is 5.75. The van der Waals surface area contributed by atoms with E-state index in [1.54, 1.807) is 30.0 Å². The highest BCUT2D eigenvalue weighted by molar-refractivity contribution is 6.35. The molecule has 0 bridgehead atoms. The van der Waals surface area contributed by atoms with E-state index in [1.165, 1.54) is 6.08 Å². The minimum absolute atomic E-state index is 0.0175. The normalized spacial score (nSPS) is 21.0. The number of carbonyl (C=O) groups excluding carboxylic acids is 1. The molecule has 232 valence electrons. The summed E-state index contributed by atoms with van der Waals surface area (Å²) in [6.45, 7) is 15.5. The van der Waals surface area contributed by atoms with Crippen molar-refractivity contribution < 1.29 is 18.3 Å². The Morgan fingerprint density at radius 2 is 1.95 bits per heavy atom. The SMILES string of the molecule is C=CC(=O)N1C[C@H](C)N(c2nc(OCCN3CC[C@@H](C)C3)nc3c(F)c(-c4c(C)ccc5n[nH]c(F)c45)c(Cl)cc23)C[C@H]1C. The van der Waals surface area contributed by atoms with Gasteiger partial charge in [0.1, 0.15) is 17.9 Å². The monoisotopic (exact) mass is 623 g/mol. The fourth-order valence-electron chi connectivity index (χ4n) is 6.51. The maximum absolute atomic E-state index is 16.8. The molecule has 2 aliphatic rings. The quantitative estimate of drug-likeness (QED) is 0.262. The van der Waals surface area contributed by atoms with Gasteiger partial charge < -0.3 is 14.5 Å². The summed E-state index contributed by atoms with van der Waals surface area (Å²) in [6, 6.07) is 4.78. The number of anilines is 1. The van der Waals surface area contributed by atoms with Crippen molar-refractivity contribution >= 4 is 45.1 Å². The van der Waals surface area contributed by atoms with Crippen molar-refractivity contribution in [1.82, 2.24) is 30.0 Å². The number of fused-ring (bicyclic) bond motifs is 2. The fourth-order valence-corrected chi connectivity index (χ4v) is 6.80. The Kier molecular flexibility index (Phi) is 8.19. The molecule has 0 aliphatic carbocycles. The molecule has 2 fully saturated rings. The Balaban J connectivity index is 1.47. The molecule has 4 aromatic rings. The summed E-state index contributed by atoms with van der Waals surface area (Å²) in [4.78, 5) is 28.0. The van der Waals surface area contributed by atoms with E-state index in [1.807, 2.05) is 18.7 Å². The zero-order valence-electron chi connectivity index (χ0n) is 25.3. The number of nitrogens with one attached hydrogen (secondary N) is 1. The van der Waals surface area contributed by atoms with Crippen LogP contribution in [0.15, 0.2) is 30.9 Å². The Morgan fingerprint density at radius 3 is 2.68 bits per heavy atom. The Morgan fingerprint density at radius 1 is 1.16 bits per heavy atom. The van der Waals surface area contributed by atoms with Crippen LogP contribution in [0.4, 0.5) is 14.6 Å². The lowest BCUT2D eigenvalue weighted by atomic mass is 9.95. The molecule has 2 aliphatic heterocycles. The van der Waals surface area contributed by atoms with E-state index >= 15 is 4.39 Å². The molecule has 9 nitrogen and oxygen atoms in total. The van der Waals surface area contributed by atoms with Crippen LogP contribution in [0.5, 0.6) is 6.01 Å². The van der Waals surface area contributed by atoms with E-state index in [4.69, 9.17) is 21.3 Å². The number of likely N-dealkylation sites (tertiary alicyclic amines) is 1. The van der Waals surface area contributed by atoms with E-state index in [2.05, 4.69) is 33.6 Å². The van der Waals surface area contributed by atoms with Crippen LogP contribution in [-0.4, -0.2) is 87.3 Å². The van der Waals surface area contributed by atoms with Gasteiger partial charge in [0.15, 0.2) is 5.82 Å². The molecule has 1 amide bonds. The van der Waals surface area contributed by atoms with Crippen molar-refractivity contribution in [2.24, 2.45) is 5.92 Å². The number of benzene rings is 2. The summed E-state index contributed by atoms with van der Waals surface area (Å²) >= 11 is 6.83. The second-order valence-electron chi connectivity index (χ2n) is 12.1. The summed E-state index contributed by atoms with van der Waals surface area (Å²) in [5.74, 6) is -0.425. The first kappa shape index (κ1) is 30.2. The molecule has 2 aromatic heterocycles. The minimum atomic E-state index is -0.702. The van der Waals surface area contributed by atoms with Crippen LogP contribution in [0.1, 0.15) is 32.8 Å². The highest BCUT2D eigenvalue weighted by Gasteiger charge is 2.34. The van der Waals surface area contributed by atoms with Gasteiger partial charge in [0.25, 0.3) is 0 Å². The molecule has 4 heterocycles. The third-order valence-corrected chi connectivity index (χ3v) is 9.14. The topological polar surface area (TPSA) is 90.5 Å². The summed E-state index contributed by atoms with van der Waals surface area (Å²) in [5.41, 5.74) is 1.35. The molecule has 0 radical (unpaired) electrons. The van der Waals surface area contributed by atoms with Crippen LogP contribution in [0.25, 0.3) is 32.9 Å². The van der Waals surface area contributed by atoms with Gasteiger partial charge >= 0.3 is 6.01 Å². The number of rotatable bonds is 7. The second-order valence-corrected chi connectivity index (χ2v) is 12.5. The average Bonchev–Trinajstić information content (AvgIpc) is 3.59. The molecular formula is C32H36ClF2N7O2. The number of hydrogen-bond acceptors (Lipinski definition) is 7. The van der Waals surface area contributed by atoms with Crippen molar-refractivity contribution in [3.63, 3.8) is 0 Å². The van der Waals surface area contributed by atoms with Crippen LogP contribution in [-0.2, 0) is 4.79 Å². The number of nitrogens with zero attached hydrogens (tertiary/aromatic N) is 6. The predicted molar refractivity (Wildman–Crippen MR) is 168 cm³/mol. The van der Waals surface area contributed by atoms with Crippen molar-refractivity contribution in [3.05, 3.63) is 53.2 Å². The van der Waals surface area contributed by atoms with Crippen molar-refractivity contribution in [1.29, 1.82) is 0 Å². The fraction of sp³-hybridized carbons (Fsp3) is 0.438. The molecule has 0 spiro atoms. The molecule has 1 N–H and O–H groups in total. The standard InChI is InChI=1S/C32H36ClF2N7O2/c1-6-24(43)41-15-20(5)42(16-19(41)4)31-21-13-22(33)26(25-18(3)7-8-23-27(25)30(35)39-38-23)28(34)29(21)36-32(37-31)44-12-11-40-10-9-17(2)14-40/h6-8,13,17,19-20H,1,9-12,14-16H2,2-5H3,(H,38,39)/t17-,19-,20+/m1/s1. The van der Waals surface area contributed by atoms with Crippen LogP contribution in [0, 0.1) is 24.6 Å². The maximum atomic E-state index is 16.8. The number of amides is 1. The first-order chi connectivity index (χ1) is 21.1. The Bertz CT molecular complexity index is 1760. The van der Waals surface area contributed by atoms with Crippen LogP contribution < -0.4 is 9.64 Å². The third kappa shape index (κ3) is 5.36. The van der Waals surface area contributed by atoms with Gasteiger partial charge in [-0.2, -0.15) is 19.5 Å². The number of carbonyl (C=O) groups is 1. The van der Waals surface area contributed by atoms with Gasteiger partial charge in [-0.1, -0.05) is 31.2 Å². The number of aromatic amines is 1. The van der Waals surface area contributed by atoms with Crippen molar-refractivity contribution in [3.8, 4) is 17.1 Å². The zero-order valence-corrected chi connectivity index (χ0v) is 26.1. The first-order valence-corrected chi connectivity index (χ1v) is 15.3. The summed E-state index contributed by atoms with van der Waals surface area (Å²) in [6.07, 6.45) is 2.46. The van der Waals surface area contributed by atoms with Gasteiger partial charge in [-0.15, -0.1) is 0 Å². The largest absolute Gasteiger partial charge is 0.462 e. The van der Waals surface area contributed by atoms with E-state index in [-0.39, 0.29) is 45.5 Å². The van der Waals surface area contributed by atoms with Crippen molar-refractivity contribution in [2.45, 2.75) is 46.2 Å². The van der Waals surface area contributed by atoms with Crippen LogP contribution in [0.2, 0.25) is 5.02 Å². The molecule has 12 heteroatoms. The Labute approximate surface area is 259 Å². The highest BCUT2D eigenvalue weighted by Crippen LogP contribution is 2.43. The lowest BCUT2D eigenvalue weighted by Gasteiger charge is -2.44. The summed E-state index contributed by atoms with van der Waals surface area (Å²) in [7, 11) is 0. The van der Waals surface area contributed by atoms with Crippen molar-refractivity contribution in [2.75, 3.05) is 44.2 Å². The molecule has 2 saturated heterocycles. The van der Waals surface area contributed by atoms with Crippen LogP contribution in [0.3, 0.4) is 0 Å². The van der Waals surface area contributed by atoms with Gasteiger partial charge in [-0.25, -0.2) is 4.39 Å². The van der Waals surface area contributed by atoms with Gasteiger partial charge in [0, 0.05) is 54.8 Å². The number of H-pyrrole nitrogens is 1. The number of aryl methyl sites for hydroxylation is 1. The van der Waals surface area contributed by atoms with Gasteiger partial charge in [-0.3, -0.25) is 14.8 Å². The molecule has 0 saturated carbocycles.